The van der Waals surface area contributed by atoms with Crippen LogP contribution in [-0.4, -0.2) is 29.7 Å². The molecule has 198 valence electrons. The fourth-order valence-electron chi connectivity index (χ4n) is 4.12. The molecular weight excluding hydrogens is 561 g/mol. The van der Waals surface area contributed by atoms with Crippen LogP contribution in [0.1, 0.15) is 30.9 Å². The second-order valence-electron chi connectivity index (χ2n) is 7.91. The number of carbonyl (C=O) groups excluding carboxylic acids is 2. The van der Waals surface area contributed by atoms with E-state index in [-0.39, 0.29) is 54.7 Å². The topological polar surface area (TPSA) is 101 Å². The number of nitrogens with two attached hydrogens (primary N) is 1. The number of esters is 2. The summed E-state index contributed by atoms with van der Waals surface area (Å²) in [6, 6.07) is 7.87. The summed E-state index contributed by atoms with van der Waals surface area (Å²) in [6.45, 7) is 2.97. The summed E-state index contributed by atoms with van der Waals surface area (Å²) in [5.41, 5.74) is 4.68. The Labute approximate surface area is 229 Å². The number of thiazole rings is 1. The zero-order valence-electron chi connectivity index (χ0n) is 20.0. The van der Waals surface area contributed by atoms with E-state index in [0.29, 0.717) is 0 Å². The normalized spacial score (nSPS) is 15.5. The second kappa shape index (κ2) is 11.1. The minimum atomic E-state index is -1.47. The Morgan fingerprint density at radius 2 is 1.58 bits per heavy atom. The lowest BCUT2D eigenvalue weighted by Gasteiger charge is -2.27. The van der Waals surface area contributed by atoms with Crippen molar-refractivity contribution in [3.05, 3.63) is 94.3 Å². The van der Waals surface area contributed by atoms with Crippen LogP contribution in [0.25, 0.3) is 17.5 Å². The largest absolute Gasteiger partial charge is 0.463 e. The van der Waals surface area contributed by atoms with Crippen LogP contribution in [0.4, 0.5) is 8.78 Å². The summed E-state index contributed by atoms with van der Waals surface area (Å²) in [7, 11) is 0. The number of ether oxygens (including phenoxy) is 2. The minimum Gasteiger partial charge on any atom is -0.463 e. The van der Waals surface area contributed by atoms with Crippen molar-refractivity contribution in [3.63, 3.8) is 0 Å². The molecule has 12 heteroatoms. The van der Waals surface area contributed by atoms with Gasteiger partial charge in [-0.2, -0.15) is 0 Å². The molecule has 0 radical (unpaired) electrons. The lowest BCUT2D eigenvalue weighted by molar-refractivity contribution is -0.138. The molecular formula is C26H20Cl2F2N2O5S. The third-order valence-corrected chi connectivity index (χ3v) is 7.47. The molecule has 0 amide bonds. The Kier molecular flexibility index (Phi) is 8.05. The van der Waals surface area contributed by atoms with E-state index < -0.39 is 40.9 Å². The third-order valence-electron chi connectivity index (χ3n) is 5.70. The zero-order chi connectivity index (χ0) is 27.7. The lowest BCUT2D eigenvalue weighted by Crippen LogP contribution is -2.42. The predicted molar refractivity (Wildman–Crippen MR) is 141 cm³/mol. The first-order chi connectivity index (χ1) is 18.1. The molecule has 1 aromatic heterocycles. The van der Waals surface area contributed by atoms with E-state index in [1.54, 1.807) is 13.8 Å². The highest BCUT2D eigenvalue weighted by Crippen LogP contribution is 2.41. The molecule has 2 aromatic carbocycles. The lowest BCUT2D eigenvalue weighted by atomic mass is 9.82. The van der Waals surface area contributed by atoms with Crippen LogP contribution >= 0.6 is 34.5 Å². The van der Waals surface area contributed by atoms with Crippen LogP contribution in [-0.2, 0) is 19.1 Å². The molecule has 0 bridgehead atoms. The second-order valence-corrected chi connectivity index (χ2v) is 9.76. The average Bonchev–Trinajstić information content (AvgIpc) is 3.17. The number of nitrogens with zero attached hydrogens (tertiary/aromatic N) is 1. The van der Waals surface area contributed by atoms with Gasteiger partial charge in [-0.05, 0) is 44.2 Å². The number of hydrogen-bond donors (Lipinski definition) is 1. The number of halogens is 4. The summed E-state index contributed by atoms with van der Waals surface area (Å²) in [6.07, 6.45) is 1.21. The van der Waals surface area contributed by atoms with Gasteiger partial charge in [0.25, 0.3) is 5.56 Å². The maximum absolute atomic E-state index is 15.3. The van der Waals surface area contributed by atoms with Gasteiger partial charge in [0.1, 0.15) is 22.1 Å². The highest BCUT2D eigenvalue weighted by atomic mass is 35.5. The summed E-state index contributed by atoms with van der Waals surface area (Å²) in [5, 5.41) is -0.0502. The van der Waals surface area contributed by atoms with Gasteiger partial charge in [-0.15, -0.1) is 11.3 Å². The van der Waals surface area contributed by atoms with Crippen LogP contribution in [0.3, 0.4) is 0 Å². The predicted octanol–water partition coefficient (Wildman–Crippen LogP) is 3.53. The molecule has 0 aliphatic carbocycles. The van der Waals surface area contributed by atoms with Crippen molar-refractivity contribution >= 4 is 63.9 Å². The molecule has 7 nitrogen and oxygen atoms in total. The SMILES string of the molecule is CCOC(=O)C1=C(N)n2c(s/c(=C\c3c(F)cccc3Cl)c2=O)=C(C(=O)OCC)[C@@H]1c1c(F)cccc1Cl. The number of benzene rings is 2. The quantitative estimate of drug-likeness (QED) is 0.448. The van der Waals surface area contributed by atoms with Crippen LogP contribution in [0.15, 0.2) is 46.8 Å². The Balaban J connectivity index is 2.20. The van der Waals surface area contributed by atoms with Crippen molar-refractivity contribution in [2.24, 2.45) is 5.73 Å². The number of hydrogen-bond acceptors (Lipinski definition) is 7. The molecule has 0 unspecified atom stereocenters. The fraction of sp³-hybridized carbons (Fsp3) is 0.192. The molecule has 2 N–H and O–H groups in total. The van der Waals surface area contributed by atoms with Crippen LogP contribution < -0.4 is 20.5 Å². The van der Waals surface area contributed by atoms with Gasteiger partial charge in [-0.1, -0.05) is 35.3 Å². The standard InChI is InChI=1S/C26H20Cl2F2N2O5S/c1-3-36-25(34)20-19(18-14(28)8-6-10-16(18)30)21(26(35)37-4-2)24-32(22(20)31)23(33)17(38-24)11-12-13(27)7-5-9-15(12)29/h5-11,19H,3-4,31H2,1-2H3/b17-11-/t19-/m1/s1. The van der Waals surface area contributed by atoms with E-state index in [1.165, 1.54) is 36.4 Å². The molecule has 38 heavy (non-hydrogen) atoms. The summed E-state index contributed by atoms with van der Waals surface area (Å²) in [5.74, 6) is -5.29. The van der Waals surface area contributed by atoms with Gasteiger partial charge in [0.05, 0.1) is 39.8 Å². The first-order valence-electron chi connectivity index (χ1n) is 11.3. The number of carbonyl (C=O) groups is 2. The third kappa shape index (κ3) is 4.75. The minimum absolute atomic E-state index is 0.0398. The van der Waals surface area contributed by atoms with Crippen LogP contribution in [0.5, 0.6) is 0 Å². The van der Waals surface area contributed by atoms with E-state index in [2.05, 4.69) is 0 Å². The van der Waals surface area contributed by atoms with E-state index in [0.717, 1.165) is 22.0 Å². The van der Waals surface area contributed by atoms with Gasteiger partial charge in [0, 0.05) is 16.1 Å². The number of fused-ring (bicyclic) bond motifs is 1. The molecule has 1 aliphatic rings. The Morgan fingerprint density at radius 1 is 1.00 bits per heavy atom. The Morgan fingerprint density at radius 3 is 2.16 bits per heavy atom. The van der Waals surface area contributed by atoms with Gasteiger partial charge in [0.2, 0.25) is 0 Å². The summed E-state index contributed by atoms with van der Waals surface area (Å²) >= 11 is 13.3. The van der Waals surface area contributed by atoms with E-state index in [1.807, 2.05) is 0 Å². The average molecular weight is 581 g/mol. The number of rotatable bonds is 6. The monoisotopic (exact) mass is 580 g/mol. The Bertz CT molecular complexity index is 1640. The van der Waals surface area contributed by atoms with Gasteiger partial charge in [0.15, 0.2) is 0 Å². The number of aromatic nitrogens is 1. The molecule has 1 atom stereocenters. The molecule has 1 aliphatic heterocycles. The molecule has 4 rings (SSSR count). The van der Waals surface area contributed by atoms with E-state index in [9.17, 15) is 18.8 Å². The zero-order valence-corrected chi connectivity index (χ0v) is 22.3. The summed E-state index contributed by atoms with van der Waals surface area (Å²) < 4.78 is 41.0. The van der Waals surface area contributed by atoms with Crippen molar-refractivity contribution < 1.29 is 27.8 Å². The smallest absolute Gasteiger partial charge is 0.338 e. The summed E-state index contributed by atoms with van der Waals surface area (Å²) in [4.78, 5) is 40.0. The van der Waals surface area contributed by atoms with Gasteiger partial charge < -0.3 is 15.2 Å². The van der Waals surface area contributed by atoms with Gasteiger partial charge >= 0.3 is 11.9 Å². The van der Waals surface area contributed by atoms with Crippen molar-refractivity contribution in [2.75, 3.05) is 13.2 Å². The van der Waals surface area contributed by atoms with Crippen molar-refractivity contribution in [1.29, 1.82) is 0 Å². The van der Waals surface area contributed by atoms with Crippen LogP contribution in [0.2, 0.25) is 10.0 Å². The van der Waals surface area contributed by atoms with Crippen molar-refractivity contribution in [1.82, 2.24) is 4.57 Å². The van der Waals surface area contributed by atoms with Crippen molar-refractivity contribution in [3.8, 4) is 0 Å². The molecule has 3 aromatic rings. The van der Waals surface area contributed by atoms with Gasteiger partial charge in [-0.3, -0.25) is 9.36 Å². The highest BCUT2D eigenvalue weighted by molar-refractivity contribution is 7.07. The van der Waals surface area contributed by atoms with E-state index in [4.69, 9.17) is 38.4 Å². The maximum Gasteiger partial charge on any atom is 0.338 e. The van der Waals surface area contributed by atoms with Gasteiger partial charge in [-0.25, -0.2) is 18.4 Å². The first-order valence-corrected chi connectivity index (χ1v) is 12.9. The molecule has 0 spiro atoms. The molecule has 2 heterocycles. The van der Waals surface area contributed by atoms with E-state index >= 15 is 4.39 Å². The first kappa shape index (κ1) is 27.6. The van der Waals surface area contributed by atoms with Crippen molar-refractivity contribution in [2.45, 2.75) is 19.8 Å². The van der Waals surface area contributed by atoms with Crippen LogP contribution in [0, 0.1) is 11.6 Å². The molecule has 0 fully saturated rings. The Hall–Kier alpha value is -3.47. The molecule has 0 saturated heterocycles. The highest BCUT2D eigenvalue weighted by Gasteiger charge is 2.42. The fourth-order valence-corrected chi connectivity index (χ4v) is 5.75. The molecule has 0 saturated carbocycles. The maximum atomic E-state index is 15.3.